The van der Waals surface area contributed by atoms with E-state index in [0.717, 1.165) is 24.6 Å². The molecule has 0 aliphatic carbocycles. The van der Waals surface area contributed by atoms with Gasteiger partial charge >= 0.3 is 0 Å². The number of nitrogens with two attached hydrogens (primary N) is 1. The standard InChI is InChI=1S/C16H28N6.HI/c1-4-22-10-6-8-14(22)12-19-16(17)18-11-13-7-5-9-15(20-13)21(2)3;/h5,7,9,14H,4,6,8,10-12H2,1-3H3,(H3,17,18,19);1H. The molecule has 1 aliphatic rings. The van der Waals surface area contributed by atoms with Crippen molar-refractivity contribution in [1.29, 1.82) is 0 Å². The van der Waals surface area contributed by atoms with Crippen molar-refractivity contribution in [2.75, 3.05) is 38.6 Å². The highest BCUT2D eigenvalue weighted by molar-refractivity contribution is 14.0. The molecule has 6 nitrogen and oxygen atoms in total. The van der Waals surface area contributed by atoms with E-state index in [0.29, 0.717) is 18.5 Å². The lowest BCUT2D eigenvalue weighted by atomic mass is 10.2. The normalized spacial score (nSPS) is 18.6. The maximum atomic E-state index is 5.97. The Kier molecular flexibility index (Phi) is 8.60. The summed E-state index contributed by atoms with van der Waals surface area (Å²) in [6.07, 6.45) is 2.51. The number of hydrogen-bond acceptors (Lipinski definition) is 4. The minimum Gasteiger partial charge on any atom is -0.370 e. The van der Waals surface area contributed by atoms with E-state index < -0.39 is 0 Å². The van der Waals surface area contributed by atoms with Crippen molar-refractivity contribution in [3.05, 3.63) is 23.9 Å². The Morgan fingerprint density at radius 1 is 1.48 bits per heavy atom. The van der Waals surface area contributed by atoms with Gasteiger partial charge in [-0.2, -0.15) is 0 Å². The third kappa shape index (κ3) is 6.14. The van der Waals surface area contributed by atoms with Crippen LogP contribution in [0.15, 0.2) is 23.2 Å². The maximum absolute atomic E-state index is 5.97. The molecular weight excluding hydrogens is 403 g/mol. The number of nitrogens with zero attached hydrogens (tertiary/aromatic N) is 4. The zero-order chi connectivity index (χ0) is 15.9. The molecule has 1 aliphatic heterocycles. The average Bonchev–Trinajstić information content (AvgIpc) is 2.98. The van der Waals surface area contributed by atoms with Gasteiger partial charge in [0.2, 0.25) is 0 Å². The predicted octanol–water partition coefficient (Wildman–Crippen LogP) is 1.65. The number of halogens is 1. The predicted molar refractivity (Wildman–Crippen MR) is 108 cm³/mol. The average molecular weight is 432 g/mol. The Balaban J connectivity index is 0.00000264. The summed E-state index contributed by atoms with van der Waals surface area (Å²) in [5.74, 6) is 1.43. The van der Waals surface area contributed by atoms with Crippen LogP contribution in [-0.2, 0) is 6.54 Å². The lowest BCUT2D eigenvalue weighted by molar-refractivity contribution is 0.267. The van der Waals surface area contributed by atoms with E-state index >= 15 is 0 Å². The zero-order valence-electron chi connectivity index (χ0n) is 14.3. The fraction of sp³-hybridized carbons (Fsp3) is 0.625. The number of guanidine groups is 1. The second-order valence-corrected chi connectivity index (χ2v) is 5.89. The molecule has 0 spiro atoms. The fourth-order valence-electron chi connectivity index (χ4n) is 2.79. The summed E-state index contributed by atoms with van der Waals surface area (Å²) in [5, 5.41) is 3.24. The van der Waals surface area contributed by atoms with Crippen LogP contribution < -0.4 is 16.0 Å². The van der Waals surface area contributed by atoms with E-state index in [1.54, 1.807) is 0 Å². The summed E-state index contributed by atoms with van der Waals surface area (Å²) >= 11 is 0. The molecule has 0 saturated carbocycles. The molecule has 1 aromatic heterocycles. The first kappa shape index (κ1) is 20.0. The first-order valence-electron chi connectivity index (χ1n) is 8.01. The highest BCUT2D eigenvalue weighted by Crippen LogP contribution is 2.15. The monoisotopic (exact) mass is 432 g/mol. The van der Waals surface area contributed by atoms with Crippen LogP contribution in [-0.4, -0.2) is 55.6 Å². The van der Waals surface area contributed by atoms with Gasteiger partial charge in [-0.3, -0.25) is 4.90 Å². The van der Waals surface area contributed by atoms with Crippen LogP contribution in [0.2, 0.25) is 0 Å². The largest absolute Gasteiger partial charge is 0.370 e. The molecule has 1 fully saturated rings. The number of hydrogen-bond donors (Lipinski definition) is 2. The number of anilines is 1. The summed E-state index contributed by atoms with van der Waals surface area (Å²) in [4.78, 5) is 13.4. The van der Waals surface area contributed by atoms with Crippen LogP contribution in [0, 0.1) is 0 Å². The van der Waals surface area contributed by atoms with Crippen molar-refractivity contribution < 1.29 is 0 Å². The number of likely N-dealkylation sites (tertiary alicyclic amines) is 1. The molecule has 0 amide bonds. The van der Waals surface area contributed by atoms with Gasteiger partial charge in [0.1, 0.15) is 5.82 Å². The SMILES string of the molecule is CCN1CCCC1CNC(N)=NCc1cccc(N(C)C)n1.I. The molecular formula is C16H29IN6. The molecule has 130 valence electrons. The molecule has 1 saturated heterocycles. The summed E-state index contributed by atoms with van der Waals surface area (Å²) in [5.41, 5.74) is 6.89. The van der Waals surface area contributed by atoms with Gasteiger partial charge in [0, 0.05) is 26.7 Å². The van der Waals surface area contributed by atoms with Crippen molar-refractivity contribution in [3.8, 4) is 0 Å². The van der Waals surface area contributed by atoms with Gasteiger partial charge in [-0.15, -0.1) is 24.0 Å². The minimum atomic E-state index is 0. The van der Waals surface area contributed by atoms with E-state index in [4.69, 9.17) is 5.73 Å². The van der Waals surface area contributed by atoms with E-state index in [1.165, 1.54) is 19.4 Å². The van der Waals surface area contributed by atoms with Gasteiger partial charge in [0.15, 0.2) is 5.96 Å². The van der Waals surface area contributed by atoms with E-state index in [2.05, 4.69) is 27.1 Å². The van der Waals surface area contributed by atoms with Crippen molar-refractivity contribution in [3.63, 3.8) is 0 Å². The highest BCUT2D eigenvalue weighted by Gasteiger charge is 2.22. The molecule has 0 bridgehead atoms. The van der Waals surface area contributed by atoms with Crippen molar-refractivity contribution in [2.45, 2.75) is 32.4 Å². The number of aromatic nitrogens is 1. The molecule has 7 heteroatoms. The third-order valence-electron chi connectivity index (χ3n) is 4.09. The van der Waals surface area contributed by atoms with Crippen LogP contribution in [0.4, 0.5) is 5.82 Å². The van der Waals surface area contributed by atoms with Gasteiger partial charge in [-0.1, -0.05) is 13.0 Å². The fourth-order valence-corrected chi connectivity index (χ4v) is 2.79. The van der Waals surface area contributed by atoms with Crippen LogP contribution >= 0.6 is 24.0 Å². The molecule has 0 radical (unpaired) electrons. The Morgan fingerprint density at radius 2 is 2.26 bits per heavy atom. The quantitative estimate of drug-likeness (QED) is 0.407. The lowest BCUT2D eigenvalue weighted by Gasteiger charge is -2.23. The number of pyridine rings is 1. The number of likely N-dealkylation sites (N-methyl/N-ethyl adjacent to an activating group) is 1. The summed E-state index contributed by atoms with van der Waals surface area (Å²) in [7, 11) is 3.96. The molecule has 2 heterocycles. The minimum absolute atomic E-state index is 0. The van der Waals surface area contributed by atoms with Crippen molar-refractivity contribution >= 4 is 35.8 Å². The zero-order valence-corrected chi connectivity index (χ0v) is 16.7. The molecule has 2 rings (SSSR count). The highest BCUT2D eigenvalue weighted by atomic mass is 127. The van der Waals surface area contributed by atoms with Gasteiger partial charge in [-0.25, -0.2) is 9.98 Å². The Hall–Kier alpha value is -1.09. The van der Waals surface area contributed by atoms with E-state index in [-0.39, 0.29) is 24.0 Å². The maximum Gasteiger partial charge on any atom is 0.189 e. The first-order valence-corrected chi connectivity index (χ1v) is 8.01. The van der Waals surface area contributed by atoms with Gasteiger partial charge in [0.25, 0.3) is 0 Å². The van der Waals surface area contributed by atoms with Gasteiger partial charge in [0.05, 0.1) is 12.2 Å². The van der Waals surface area contributed by atoms with Crippen molar-refractivity contribution in [2.24, 2.45) is 10.7 Å². The lowest BCUT2D eigenvalue weighted by Crippen LogP contribution is -2.42. The number of nitrogens with one attached hydrogen (secondary N) is 1. The molecule has 23 heavy (non-hydrogen) atoms. The van der Waals surface area contributed by atoms with Crippen LogP contribution in [0.25, 0.3) is 0 Å². The number of rotatable bonds is 6. The second-order valence-electron chi connectivity index (χ2n) is 5.89. The van der Waals surface area contributed by atoms with Crippen LogP contribution in [0.3, 0.4) is 0 Å². The topological polar surface area (TPSA) is 69.8 Å². The van der Waals surface area contributed by atoms with Crippen LogP contribution in [0.5, 0.6) is 0 Å². The molecule has 1 aromatic rings. The molecule has 1 atom stereocenters. The van der Waals surface area contributed by atoms with E-state index in [1.807, 2.05) is 37.2 Å². The summed E-state index contributed by atoms with van der Waals surface area (Å²) in [6, 6.07) is 6.52. The smallest absolute Gasteiger partial charge is 0.189 e. The molecule has 0 aromatic carbocycles. The van der Waals surface area contributed by atoms with Gasteiger partial charge in [-0.05, 0) is 38.1 Å². The van der Waals surface area contributed by atoms with E-state index in [9.17, 15) is 0 Å². The summed E-state index contributed by atoms with van der Waals surface area (Å²) in [6.45, 7) is 5.88. The third-order valence-corrected chi connectivity index (χ3v) is 4.09. The number of aliphatic imine (C=N–C) groups is 1. The van der Waals surface area contributed by atoms with Crippen LogP contribution in [0.1, 0.15) is 25.5 Å². The Labute approximate surface area is 156 Å². The molecule has 1 unspecified atom stereocenters. The van der Waals surface area contributed by atoms with Gasteiger partial charge < -0.3 is 16.0 Å². The summed E-state index contributed by atoms with van der Waals surface area (Å²) < 4.78 is 0. The first-order chi connectivity index (χ1) is 10.6. The Morgan fingerprint density at radius 3 is 2.96 bits per heavy atom. The Bertz CT molecular complexity index is 505. The second kappa shape index (κ2) is 9.92. The van der Waals surface area contributed by atoms with Crippen molar-refractivity contribution in [1.82, 2.24) is 15.2 Å². The molecule has 3 N–H and O–H groups in total.